The Labute approximate surface area is 127 Å². The number of pyridine rings is 1. The summed E-state index contributed by atoms with van der Waals surface area (Å²) in [5.41, 5.74) is 2.93. The third-order valence-electron chi connectivity index (χ3n) is 3.25. The molecule has 5 heteroatoms. The molecule has 2 aromatic heterocycles. The minimum absolute atomic E-state index is 0.354. The number of aryl methyl sites for hydroxylation is 1. The molecule has 2 heterocycles. The molecule has 0 spiro atoms. The van der Waals surface area contributed by atoms with E-state index >= 15 is 0 Å². The first-order valence-electron chi connectivity index (χ1n) is 6.57. The van der Waals surface area contributed by atoms with Crippen LogP contribution in [0.4, 0.5) is 0 Å². The number of hydrogen-bond acceptors (Lipinski definition) is 3. The highest BCUT2D eigenvalue weighted by atomic mass is 35.5. The lowest BCUT2D eigenvalue weighted by molar-refractivity contribution is 0.301. The third-order valence-corrected chi connectivity index (χ3v) is 3.52. The number of methoxy groups -OCH3 is 1. The molecule has 3 rings (SSSR count). The number of imidazole rings is 1. The lowest BCUT2D eigenvalue weighted by atomic mass is 10.2. The van der Waals surface area contributed by atoms with Crippen LogP contribution in [0.15, 0.2) is 42.6 Å². The molecule has 0 saturated carbocycles. The molecule has 0 amide bonds. The number of hydrogen-bond donors (Lipinski definition) is 0. The van der Waals surface area contributed by atoms with Crippen molar-refractivity contribution in [2.24, 2.45) is 0 Å². The second kappa shape index (κ2) is 5.66. The normalized spacial score (nSPS) is 10.8. The molecule has 0 aliphatic heterocycles. The van der Waals surface area contributed by atoms with Gasteiger partial charge in [0.05, 0.1) is 12.6 Å². The molecule has 3 aromatic rings. The molecular weight excluding hydrogens is 288 g/mol. The molecule has 0 fully saturated rings. The Kier molecular flexibility index (Phi) is 3.71. The van der Waals surface area contributed by atoms with Gasteiger partial charge >= 0.3 is 0 Å². The molecule has 21 heavy (non-hydrogen) atoms. The zero-order valence-corrected chi connectivity index (χ0v) is 12.6. The number of rotatable bonds is 4. The fourth-order valence-corrected chi connectivity index (χ4v) is 2.41. The number of fused-ring (bicyclic) bond motifs is 1. The Bertz CT molecular complexity index is 783. The maximum atomic E-state index is 6.14. The highest BCUT2D eigenvalue weighted by Gasteiger charge is 2.10. The average Bonchev–Trinajstić information content (AvgIpc) is 2.81. The fraction of sp³-hybridized carbons (Fsp3) is 0.188. The van der Waals surface area contributed by atoms with Crippen molar-refractivity contribution in [2.45, 2.75) is 13.5 Å². The van der Waals surface area contributed by atoms with Gasteiger partial charge in [-0.25, -0.2) is 4.98 Å². The number of benzene rings is 1. The summed E-state index contributed by atoms with van der Waals surface area (Å²) in [7, 11) is 1.63. The SMILES string of the molecule is COc1cccc(OCc2nc(Cl)n3ccc(C)cc23)c1. The fourth-order valence-electron chi connectivity index (χ4n) is 2.16. The van der Waals surface area contributed by atoms with E-state index in [-0.39, 0.29) is 0 Å². The van der Waals surface area contributed by atoms with E-state index in [4.69, 9.17) is 21.1 Å². The van der Waals surface area contributed by atoms with E-state index < -0.39 is 0 Å². The van der Waals surface area contributed by atoms with Gasteiger partial charge in [0.15, 0.2) is 0 Å². The molecule has 108 valence electrons. The summed E-state index contributed by atoms with van der Waals surface area (Å²) in [6.07, 6.45) is 1.91. The topological polar surface area (TPSA) is 35.8 Å². The van der Waals surface area contributed by atoms with Crippen molar-refractivity contribution < 1.29 is 9.47 Å². The van der Waals surface area contributed by atoms with Gasteiger partial charge < -0.3 is 9.47 Å². The number of nitrogens with zero attached hydrogens (tertiary/aromatic N) is 2. The molecule has 0 atom stereocenters. The first-order chi connectivity index (χ1) is 10.2. The van der Waals surface area contributed by atoms with Crippen molar-refractivity contribution in [1.29, 1.82) is 0 Å². The Morgan fingerprint density at radius 1 is 1.19 bits per heavy atom. The molecule has 0 aliphatic carbocycles. The minimum Gasteiger partial charge on any atom is -0.497 e. The van der Waals surface area contributed by atoms with Gasteiger partial charge in [-0.2, -0.15) is 0 Å². The first kappa shape index (κ1) is 13.8. The summed E-state index contributed by atoms with van der Waals surface area (Å²) in [5, 5.41) is 0.439. The zero-order chi connectivity index (χ0) is 14.8. The van der Waals surface area contributed by atoms with Crippen LogP contribution >= 0.6 is 11.6 Å². The largest absolute Gasteiger partial charge is 0.497 e. The molecular formula is C16H15ClN2O2. The van der Waals surface area contributed by atoms with Crippen LogP contribution in [-0.4, -0.2) is 16.5 Å². The van der Waals surface area contributed by atoms with Crippen LogP contribution in [0.25, 0.3) is 5.52 Å². The standard InChI is InChI=1S/C16H15ClN2O2/c1-11-6-7-19-15(8-11)14(18-16(19)17)10-21-13-5-3-4-12(9-13)20-2/h3-9H,10H2,1-2H3. The van der Waals surface area contributed by atoms with Gasteiger partial charge in [-0.15, -0.1) is 0 Å². The highest BCUT2D eigenvalue weighted by Crippen LogP contribution is 2.22. The summed E-state index contributed by atoms with van der Waals surface area (Å²) in [6.45, 7) is 2.39. The van der Waals surface area contributed by atoms with Gasteiger partial charge in [-0.05, 0) is 48.4 Å². The zero-order valence-electron chi connectivity index (χ0n) is 11.8. The second-order valence-corrected chi connectivity index (χ2v) is 5.09. The highest BCUT2D eigenvalue weighted by molar-refractivity contribution is 6.28. The number of aromatic nitrogens is 2. The van der Waals surface area contributed by atoms with Crippen LogP contribution in [0.2, 0.25) is 5.28 Å². The number of ether oxygens (including phenoxy) is 2. The van der Waals surface area contributed by atoms with Crippen LogP contribution in [0.1, 0.15) is 11.3 Å². The van der Waals surface area contributed by atoms with Crippen LogP contribution in [0, 0.1) is 6.92 Å². The summed E-state index contributed by atoms with van der Waals surface area (Å²) in [5.74, 6) is 1.50. The Morgan fingerprint density at radius 3 is 2.81 bits per heavy atom. The maximum absolute atomic E-state index is 6.14. The molecule has 0 N–H and O–H groups in total. The van der Waals surface area contributed by atoms with E-state index in [2.05, 4.69) is 4.98 Å². The Balaban J connectivity index is 1.86. The summed E-state index contributed by atoms with van der Waals surface area (Å²) >= 11 is 6.14. The van der Waals surface area contributed by atoms with Gasteiger partial charge in [0, 0.05) is 12.3 Å². The van der Waals surface area contributed by atoms with Gasteiger partial charge in [0.25, 0.3) is 0 Å². The van der Waals surface area contributed by atoms with Gasteiger partial charge in [-0.3, -0.25) is 4.40 Å². The van der Waals surface area contributed by atoms with Crippen molar-refractivity contribution in [3.8, 4) is 11.5 Å². The van der Waals surface area contributed by atoms with Crippen molar-refractivity contribution in [3.63, 3.8) is 0 Å². The van der Waals surface area contributed by atoms with Crippen LogP contribution in [-0.2, 0) is 6.61 Å². The van der Waals surface area contributed by atoms with Gasteiger partial charge in [0.1, 0.15) is 23.8 Å². The van der Waals surface area contributed by atoms with Crippen LogP contribution in [0.3, 0.4) is 0 Å². The van der Waals surface area contributed by atoms with Gasteiger partial charge in [0.2, 0.25) is 5.28 Å². The van der Waals surface area contributed by atoms with Gasteiger partial charge in [-0.1, -0.05) is 6.07 Å². The number of halogens is 1. The van der Waals surface area contributed by atoms with Crippen molar-refractivity contribution in [2.75, 3.05) is 7.11 Å². The monoisotopic (exact) mass is 302 g/mol. The molecule has 0 bridgehead atoms. The Hall–Kier alpha value is -2.20. The average molecular weight is 303 g/mol. The summed E-state index contributed by atoms with van der Waals surface area (Å²) in [4.78, 5) is 4.36. The molecule has 4 nitrogen and oxygen atoms in total. The third kappa shape index (κ3) is 2.81. The van der Waals surface area contributed by atoms with Crippen molar-refractivity contribution in [3.05, 3.63) is 59.1 Å². The maximum Gasteiger partial charge on any atom is 0.207 e. The Morgan fingerprint density at radius 2 is 2.00 bits per heavy atom. The summed E-state index contributed by atoms with van der Waals surface area (Å²) in [6, 6.07) is 11.5. The van der Waals surface area contributed by atoms with E-state index in [1.165, 1.54) is 0 Å². The quantitative estimate of drug-likeness (QED) is 0.733. The summed E-state index contributed by atoms with van der Waals surface area (Å²) < 4.78 is 12.8. The van der Waals surface area contributed by atoms with E-state index in [1.54, 1.807) is 7.11 Å². The first-order valence-corrected chi connectivity index (χ1v) is 6.95. The van der Waals surface area contributed by atoms with Crippen molar-refractivity contribution >= 4 is 17.1 Å². The molecule has 0 saturated heterocycles. The van der Waals surface area contributed by atoms with Crippen LogP contribution in [0.5, 0.6) is 11.5 Å². The van der Waals surface area contributed by atoms with E-state index in [0.29, 0.717) is 11.9 Å². The predicted molar refractivity (Wildman–Crippen MR) is 82.3 cm³/mol. The van der Waals surface area contributed by atoms with E-state index in [9.17, 15) is 0 Å². The molecule has 0 unspecified atom stereocenters. The minimum atomic E-state index is 0.354. The second-order valence-electron chi connectivity index (χ2n) is 4.75. The van der Waals surface area contributed by atoms with Crippen LogP contribution < -0.4 is 9.47 Å². The molecule has 0 aliphatic rings. The molecule has 0 radical (unpaired) electrons. The van der Waals surface area contributed by atoms with E-state index in [1.807, 2.05) is 53.9 Å². The van der Waals surface area contributed by atoms with Crippen molar-refractivity contribution in [1.82, 2.24) is 9.38 Å². The molecule has 1 aromatic carbocycles. The predicted octanol–water partition coefficient (Wildman–Crippen LogP) is 3.88. The smallest absolute Gasteiger partial charge is 0.207 e. The van der Waals surface area contributed by atoms with E-state index in [0.717, 1.165) is 28.3 Å². The lowest BCUT2D eigenvalue weighted by Gasteiger charge is -2.06. The lowest BCUT2D eigenvalue weighted by Crippen LogP contribution is -1.97.